The number of anilines is 1. The van der Waals surface area contributed by atoms with E-state index in [1.807, 2.05) is 19.9 Å². The van der Waals surface area contributed by atoms with Crippen molar-refractivity contribution in [1.29, 1.82) is 0 Å². The van der Waals surface area contributed by atoms with Crippen molar-refractivity contribution in [3.05, 3.63) is 24.4 Å². The fourth-order valence-electron chi connectivity index (χ4n) is 1.40. The summed E-state index contributed by atoms with van der Waals surface area (Å²) in [4.78, 5) is 12.9. The molecule has 6 nitrogen and oxygen atoms in total. The smallest absolute Gasteiger partial charge is 0.261 e. The zero-order valence-corrected chi connectivity index (χ0v) is 11.7. The molecule has 102 valence electrons. The first-order valence-corrected chi connectivity index (χ1v) is 6.90. The van der Waals surface area contributed by atoms with Gasteiger partial charge < -0.3 is 14.5 Å². The Morgan fingerprint density at radius 2 is 2.26 bits per heavy atom. The maximum absolute atomic E-state index is 5.34. The van der Waals surface area contributed by atoms with Crippen LogP contribution in [0.1, 0.15) is 19.7 Å². The van der Waals surface area contributed by atoms with Gasteiger partial charge in [-0.15, -0.1) is 0 Å². The Hall–Kier alpha value is -1.60. The van der Waals surface area contributed by atoms with Gasteiger partial charge in [0, 0.05) is 19.2 Å². The number of hydrogen-bond acceptors (Lipinski definition) is 7. The highest BCUT2D eigenvalue weighted by atomic mass is 32.2. The van der Waals surface area contributed by atoms with E-state index < -0.39 is 0 Å². The predicted octanol–water partition coefficient (Wildman–Crippen LogP) is 2.58. The van der Waals surface area contributed by atoms with E-state index in [0.717, 1.165) is 17.4 Å². The van der Waals surface area contributed by atoms with Crippen molar-refractivity contribution in [2.75, 3.05) is 18.5 Å². The third kappa shape index (κ3) is 4.22. The Bertz CT molecular complexity index is 504. The molecule has 0 atom stereocenters. The molecule has 0 saturated carbocycles. The first-order chi connectivity index (χ1) is 9.31. The maximum atomic E-state index is 5.34. The summed E-state index contributed by atoms with van der Waals surface area (Å²) in [6.07, 6.45) is 3.14. The molecule has 0 spiro atoms. The van der Waals surface area contributed by atoms with Gasteiger partial charge in [0.1, 0.15) is 23.7 Å². The van der Waals surface area contributed by atoms with Crippen LogP contribution in [0.5, 0.6) is 0 Å². The predicted molar refractivity (Wildman–Crippen MR) is 72.2 cm³/mol. The molecule has 0 aliphatic carbocycles. The number of ether oxygens (including phenoxy) is 1. The van der Waals surface area contributed by atoms with Crippen LogP contribution >= 0.6 is 11.8 Å². The lowest BCUT2D eigenvalue weighted by molar-refractivity contribution is 0.128. The van der Waals surface area contributed by atoms with Crippen molar-refractivity contribution >= 4 is 17.6 Å². The topological polar surface area (TPSA) is 73.1 Å². The Balaban J connectivity index is 2.17. The minimum absolute atomic E-state index is 0.398. The normalized spacial score (nSPS) is 10.6. The summed E-state index contributed by atoms with van der Waals surface area (Å²) in [7, 11) is 0. The highest BCUT2D eigenvalue weighted by molar-refractivity contribution is 7.99. The van der Waals surface area contributed by atoms with Gasteiger partial charge in [0.15, 0.2) is 5.82 Å². The summed E-state index contributed by atoms with van der Waals surface area (Å²) in [5.74, 6) is 1.43. The van der Waals surface area contributed by atoms with Gasteiger partial charge in [0.25, 0.3) is 5.22 Å². The van der Waals surface area contributed by atoms with Gasteiger partial charge >= 0.3 is 0 Å². The van der Waals surface area contributed by atoms with Crippen LogP contribution in [0, 0.1) is 0 Å². The summed E-state index contributed by atoms with van der Waals surface area (Å²) in [6, 6.07) is 1.87. The van der Waals surface area contributed by atoms with Crippen molar-refractivity contribution in [3.8, 4) is 0 Å². The van der Waals surface area contributed by atoms with Gasteiger partial charge in [-0.25, -0.2) is 15.0 Å². The largest absolute Gasteiger partial charge is 0.440 e. The molecule has 0 bridgehead atoms. The SMILES string of the molecule is CCNc1cc(Sc2ncco2)nc(COCC)n1. The molecule has 0 amide bonds. The van der Waals surface area contributed by atoms with Crippen molar-refractivity contribution in [3.63, 3.8) is 0 Å². The van der Waals surface area contributed by atoms with E-state index in [1.54, 1.807) is 6.20 Å². The molecule has 2 aromatic heterocycles. The first-order valence-electron chi connectivity index (χ1n) is 6.08. The molecule has 0 radical (unpaired) electrons. The highest BCUT2D eigenvalue weighted by Gasteiger charge is 2.08. The third-order valence-corrected chi connectivity index (χ3v) is 2.94. The summed E-state index contributed by atoms with van der Waals surface area (Å²) in [5.41, 5.74) is 0. The van der Waals surface area contributed by atoms with Crippen molar-refractivity contribution < 1.29 is 9.15 Å². The number of aromatic nitrogens is 3. The number of nitrogens with one attached hydrogen (secondary N) is 1. The van der Waals surface area contributed by atoms with Gasteiger partial charge in [0.05, 0.1) is 6.20 Å². The molecule has 2 rings (SSSR count). The lowest BCUT2D eigenvalue weighted by Crippen LogP contribution is -2.05. The van der Waals surface area contributed by atoms with Crippen LogP contribution < -0.4 is 5.32 Å². The maximum Gasteiger partial charge on any atom is 0.261 e. The highest BCUT2D eigenvalue weighted by Crippen LogP contribution is 2.26. The molecule has 19 heavy (non-hydrogen) atoms. The lowest BCUT2D eigenvalue weighted by atomic mass is 10.5. The Kier molecular flexibility index (Phi) is 5.17. The lowest BCUT2D eigenvalue weighted by Gasteiger charge is -2.07. The van der Waals surface area contributed by atoms with Gasteiger partial charge in [-0.05, 0) is 25.6 Å². The van der Waals surface area contributed by atoms with Gasteiger partial charge in [-0.3, -0.25) is 0 Å². The van der Waals surface area contributed by atoms with E-state index in [1.165, 1.54) is 18.0 Å². The van der Waals surface area contributed by atoms with E-state index in [2.05, 4.69) is 20.3 Å². The minimum atomic E-state index is 0.398. The quantitative estimate of drug-likeness (QED) is 0.781. The first kappa shape index (κ1) is 13.8. The Morgan fingerprint density at radius 1 is 1.37 bits per heavy atom. The summed E-state index contributed by atoms with van der Waals surface area (Å²) < 4.78 is 10.5. The number of nitrogens with zero attached hydrogens (tertiary/aromatic N) is 3. The minimum Gasteiger partial charge on any atom is -0.440 e. The summed E-state index contributed by atoms with van der Waals surface area (Å²) in [6.45, 7) is 5.79. The second-order valence-corrected chi connectivity index (χ2v) is 4.55. The molecule has 2 aromatic rings. The Morgan fingerprint density at radius 3 is 2.95 bits per heavy atom. The van der Waals surface area contributed by atoms with E-state index >= 15 is 0 Å². The summed E-state index contributed by atoms with van der Waals surface area (Å²) in [5, 5.41) is 4.51. The molecule has 0 aliphatic rings. The van der Waals surface area contributed by atoms with Crippen LogP contribution in [0.15, 0.2) is 33.2 Å². The van der Waals surface area contributed by atoms with Crippen molar-refractivity contribution in [2.45, 2.75) is 30.7 Å². The monoisotopic (exact) mass is 280 g/mol. The van der Waals surface area contributed by atoms with Gasteiger partial charge in [-0.1, -0.05) is 0 Å². The molecule has 0 saturated heterocycles. The zero-order valence-electron chi connectivity index (χ0n) is 10.9. The number of rotatable bonds is 7. The van der Waals surface area contributed by atoms with E-state index in [0.29, 0.717) is 24.3 Å². The molecule has 2 heterocycles. The summed E-state index contributed by atoms with van der Waals surface area (Å²) >= 11 is 1.36. The molecule has 0 unspecified atom stereocenters. The molecule has 1 N–H and O–H groups in total. The van der Waals surface area contributed by atoms with Crippen LogP contribution in [-0.4, -0.2) is 28.1 Å². The van der Waals surface area contributed by atoms with E-state index in [-0.39, 0.29) is 0 Å². The zero-order chi connectivity index (χ0) is 13.5. The standard InChI is InChI=1S/C12H16N4O2S/c1-3-13-9-7-11(19-12-14-5-6-18-12)16-10(15-9)8-17-4-2/h5-7H,3-4,8H2,1-2H3,(H,13,15,16). The van der Waals surface area contributed by atoms with E-state index in [9.17, 15) is 0 Å². The second kappa shape index (κ2) is 7.10. The fraction of sp³-hybridized carbons (Fsp3) is 0.417. The van der Waals surface area contributed by atoms with Crippen molar-refractivity contribution in [1.82, 2.24) is 15.0 Å². The molecule has 0 aliphatic heterocycles. The molecular formula is C12H16N4O2S. The molecular weight excluding hydrogens is 264 g/mol. The van der Waals surface area contributed by atoms with Crippen LogP contribution in [0.3, 0.4) is 0 Å². The number of hydrogen-bond donors (Lipinski definition) is 1. The van der Waals surface area contributed by atoms with Crippen LogP contribution in [0.2, 0.25) is 0 Å². The third-order valence-electron chi connectivity index (χ3n) is 2.14. The van der Waals surface area contributed by atoms with Gasteiger partial charge in [-0.2, -0.15) is 0 Å². The molecule has 0 fully saturated rings. The van der Waals surface area contributed by atoms with Crippen LogP contribution in [-0.2, 0) is 11.3 Å². The van der Waals surface area contributed by atoms with Crippen LogP contribution in [0.25, 0.3) is 0 Å². The van der Waals surface area contributed by atoms with E-state index in [4.69, 9.17) is 9.15 Å². The fourth-order valence-corrected chi connectivity index (χ4v) is 2.12. The molecule has 0 aromatic carbocycles. The Labute approximate surface area is 116 Å². The average molecular weight is 280 g/mol. The second-order valence-electron chi connectivity index (χ2n) is 3.58. The van der Waals surface area contributed by atoms with Crippen LogP contribution in [0.4, 0.5) is 5.82 Å². The van der Waals surface area contributed by atoms with Gasteiger partial charge in [0.2, 0.25) is 0 Å². The molecule has 7 heteroatoms. The average Bonchev–Trinajstić information content (AvgIpc) is 2.89. The number of oxazole rings is 1. The van der Waals surface area contributed by atoms with Crippen molar-refractivity contribution in [2.24, 2.45) is 0 Å².